The number of pyridine rings is 2. The molecule has 0 bridgehead atoms. The van der Waals surface area contributed by atoms with Crippen LogP contribution in [0.1, 0.15) is 26.7 Å². The summed E-state index contributed by atoms with van der Waals surface area (Å²) in [6.07, 6.45) is 1.31. The number of amides is 2. The fourth-order valence-corrected chi connectivity index (χ4v) is 5.48. The Hall–Kier alpha value is -2.37. The number of ether oxygens (including phenoxy) is 2. The molecule has 4 fully saturated rings. The van der Waals surface area contributed by atoms with Gasteiger partial charge < -0.3 is 24.6 Å². The summed E-state index contributed by atoms with van der Waals surface area (Å²) in [5.74, 6) is 3.57. The average molecular weight is 628 g/mol. The van der Waals surface area contributed by atoms with Crippen molar-refractivity contribution >= 4 is 64.1 Å². The van der Waals surface area contributed by atoms with E-state index in [2.05, 4.69) is 38.9 Å². The Morgan fingerprint density at radius 2 is 1.29 bits per heavy atom. The van der Waals surface area contributed by atoms with Crippen LogP contribution in [-0.4, -0.2) is 87.5 Å². The summed E-state index contributed by atoms with van der Waals surface area (Å²) in [5, 5.41) is 4.39. The molecule has 0 aromatic carbocycles. The predicted molar refractivity (Wildman–Crippen MR) is 162 cm³/mol. The number of hydrogen-bond donors (Lipinski definition) is 1. The van der Waals surface area contributed by atoms with E-state index in [-0.39, 0.29) is 11.8 Å². The molecule has 2 atom stereocenters. The minimum Gasteiger partial charge on any atom is -0.378 e. The third-order valence-corrected chi connectivity index (χ3v) is 7.59. The summed E-state index contributed by atoms with van der Waals surface area (Å²) in [7, 11) is 0. The zero-order valence-corrected chi connectivity index (χ0v) is 25.7. The number of aromatic nitrogens is 2. The van der Waals surface area contributed by atoms with E-state index < -0.39 is 0 Å². The van der Waals surface area contributed by atoms with E-state index in [0.717, 1.165) is 64.0 Å². The summed E-state index contributed by atoms with van der Waals surface area (Å²) >= 11 is 17.9. The maximum atomic E-state index is 12.0. The number of hydrogen-bond acceptors (Lipinski definition) is 8. The summed E-state index contributed by atoms with van der Waals surface area (Å²) in [4.78, 5) is 37.2. The first kappa shape index (κ1) is 31.6. The first-order valence-corrected chi connectivity index (χ1v) is 15.0. The normalized spacial score (nSPS) is 22.5. The molecule has 224 valence electrons. The number of rotatable bonds is 3. The van der Waals surface area contributed by atoms with Gasteiger partial charge in [-0.2, -0.15) is 0 Å². The van der Waals surface area contributed by atoms with Crippen LogP contribution in [0, 0.1) is 11.8 Å². The van der Waals surface area contributed by atoms with Gasteiger partial charge in [0.25, 0.3) is 0 Å². The number of carbonyl (C=O) groups excluding carboxylic acids is 2. The summed E-state index contributed by atoms with van der Waals surface area (Å²) in [6, 6.07) is 7.06. The first-order valence-electron chi connectivity index (χ1n) is 13.9. The van der Waals surface area contributed by atoms with Crippen molar-refractivity contribution in [3.8, 4) is 0 Å². The Morgan fingerprint density at radius 1 is 0.756 bits per heavy atom. The van der Waals surface area contributed by atoms with E-state index in [4.69, 9.17) is 44.3 Å². The molecule has 41 heavy (non-hydrogen) atoms. The fourth-order valence-electron chi connectivity index (χ4n) is 4.83. The van der Waals surface area contributed by atoms with Gasteiger partial charge in [0.15, 0.2) is 0 Å². The molecule has 0 radical (unpaired) electrons. The van der Waals surface area contributed by atoms with Gasteiger partial charge in [0, 0.05) is 62.2 Å². The highest BCUT2D eigenvalue weighted by Gasteiger charge is 2.29. The SMILES string of the molecule is C[C@@H]1CNC(=O)C1.C[C@H]1CC(=O)N(c2cc(Cl)cc(N3CCOCC3)n2)C1.Clc1cc(Cl)nc(N2CCOCC2)c1. The molecule has 4 saturated heterocycles. The molecule has 2 amide bonds. The topological polar surface area (TPSA) is 100 Å². The summed E-state index contributed by atoms with van der Waals surface area (Å²) in [5.41, 5.74) is 0. The minimum absolute atomic E-state index is 0.125. The van der Waals surface area contributed by atoms with Gasteiger partial charge in [0.1, 0.15) is 22.6 Å². The highest BCUT2D eigenvalue weighted by atomic mass is 35.5. The van der Waals surface area contributed by atoms with E-state index >= 15 is 0 Å². The van der Waals surface area contributed by atoms with Crippen LogP contribution < -0.4 is 20.0 Å². The van der Waals surface area contributed by atoms with E-state index in [9.17, 15) is 9.59 Å². The van der Waals surface area contributed by atoms with Crippen LogP contribution >= 0.6 is 34.8 Å². The Labute approximate surface area is 256 Å². The lowest BCUT2D eigenvalue weighted by Gasteiger charge is -2.29. The number of anilines is 3. The molecule has 1 N–H and O–H groups in total. The van der Waals surface area contributed by atoms with Crippen LogP contribution in [0.4, 0.5) is 17.5 Å². The van der Waals surface area contributed by atoms with Gasteiger partial charge in [-0.05, 0) is 36.1 Å². The monoisotopic (exact) mass is 626 g/mol. The Bertz CT molecular complexity index is 1170. The Kier molecular flexibility index (Phi) is 11.7. The van der Waals surface area contributed by atoms with Crippen molar-refractivity contribution in [1.82, 2.24) is 15.3 Å². The predicted octanol–water partition coefficient (Wildman–Crippen LogP) is 4.31. The lowest BCUT2D eigenvalue weighted by atomic mass is 10.2. The van der Waals surface area contributed by atoms with Crippen molar-refractivity contribution in [2.24, 2.45) is 11.8 Å². The van der Waals surface area contributed by atoms with E-state index in [1.54, 1.807) is 17.0 Å². The van der Waals surface area contributed by atoms with Crippen LogP contribution in [0.15, 0.2) is 24.3 Å². The second-order valence-electron chi connectivity index (χ2n) is 10.6. The zero-order chi connectivity index (χ0) is 29.4. The summed E-state index contributed by atoms with van der Waals surface area (Å²) < 4.78 is 10.6. The largest absolute Gasteiger partial charge is 0.378 e. The lowest BCUT2D eigenvalue weighted by Crippen LogP contribution is -2.37. The van der Waals surface area contributed by atoms with Crippen molar-refractivity contribution in [3.63, 3.8) is 0 Å². The van der Waals surface area contributed by atoms with E-state index in [1.165, 1.54) is 0 Å². The fraction of sp³-hybridized carbons (Fsp3) is 0.571. The maximum Gasteiger partial charge on any atom is 0.228 e. The maximum absolute atomic E-state index is 12.0. The smallest absolute Gasteiger partial charge is 0.228 e. The number of carbonyl (C=O) groups is 2. The first-order chi connectivity index (χ1) is 19.7. The summed E-state index contributed by atoms with van der Waals surface area (Å²) in [6.45, 7) is 11.9. The third kappa shape index (κ3) is 9.58. The second kappa shape index (κ2) is 15.2. The van der Waals surface area contributed by atoms with E-state index in [0.29, 0.717) is 59.0 Å². The highest BCUT2D eigenvalue weighted by molar-refractivity contribution is 6.34. The molecule has 0 aliphatic carbocycles. The molecular weight excluding hydrogens is 591 g/mol. The third-order valence-electron chi connectivity index (χ3n) is 6.96. The number of morpholine rings is 2. The Morgan fingerprint density at radius 3 is 1.73 bits per heavy atom. The second-order valence-corrected chi connectivity index (χ2v) is 11.9. The van der Waals surface area contributed by atoms with Gasteiger partial charge in [0.2, 0.25) is 11.8 Å². The van der Waals surface area contributed by atoms with Gasteiger partial charge in [0.05, 0.1) is 26.4 Å². The molecule has 6 heterocycles. The molecular formula is C28H37Cl3N6O4. The van der Waals surface area contributed by atoms with Crippen molar-refractivity contribution in [2.75, 3.05) is 80.4 Å². The molecule has 10 nitrogen and oxygen atoms in total. The Balaban J connectivity index is 0.000000159. The quantitative estimate of drug-likeness (QED) is 0.503. The van der Waals surface area contributed by atoms with Gasteiger partial charge in [-0.1, -0.05) is 48.7 Å². The van der Waals surface area contributed by atoms with Crippen molar-refractivity contribution in [2.45, 2.75) is 26.7 Å². The molecule has 2 aromatic heterocycles. The van der Waals surface area contributed by atoms with Crippen molar-refractivity contribution < 1.29 is 19.1 Å². The molecule has 6 rings (SSSR count). The van der Waals surface area contributed by atoms with Crippen molar-refractivity contribution in [3.05, 3.63) is 39.5 Å². The lowest BCUT2D eigenvalue weighted by molar-refractivity contribution is -0.119. The van der Waals surface area contributed by atoms with Gasteiger partial charge in [-0.3, -0.25) is 14.5 Å². The molecule has 4 aliphatic rings. The van der Waals surface area contributed by atoms with Crippen LogP contribution in [0.3, 0.4) is 0 Å². The molecule has 0 saturated carbocycles. The van der Waals surface area contributed by atoms with Crippen LogP contribution in [0.5, 0.6) is 0 Å². The van der Waals surface area contributed by atoms with Gasteiger partial charge >= 0.3 is 0 Å². The highest BCUT2D eigenvalue weighted by Crippen LogP contribution is 2.29. The number of nitrogens with zero attached hydrogens (tertiary/aromatic N) is 5. The van der Waals surface area contributed by atoms with E-state index in [1.807, 2.05) is 12.1 Å². The standard InChI is InChI=1S/C14H18ClN3O2.C9H10Cl2N2O.C5H9NO/c1-10-6-14(19)18(9-10)13-8-11(15)7-12(16-13)17-2-4-20-5-3-17;10-7-5-8(11)12-9(6-7)13-1-3-14-4-2-13;1-4-2-5(7)6-3-4/h7-8,10H,2-6,9H2,1H3;5-6H,1-4H2;4H,2-3H2,1H3,(H,6,7)/t10-;;4-/m0.0/s1. The molecule has 13 heteroatoms. The number of nitrogens with one attached hydrogen (secondary N) is 1. The van der Waals surface area contributed by atoms with Crippen molar-refractivity contribution in [1.29, 1.82) is 0 Å². The minimum atomic E-state index is 0.125. The molecule has 0 spiro atoms. The van der Waals surface area contributed by atoms with Crippen LogP contribution in [0.25, 0.3) is 0 Å². The van der Waals surface area contributed by atoms with Crippen LogP contribution in [-0.2, 0) is 19.1 Å². The zero-order valence-electron chi connectivity index (χ0n) is 23.5. The molecule has 4 aliphatic heterocycles. The average Bonchev–Trinajstić information content (AvgIpc) is 3.51. The van der Waals surface area contributed by atoms with Gasteiger partial charge in [-0.25, -0.2) is 9.97 Å². The number of halogens is 3. The van der Waals surface area contributed by atoms with Gasteiger partial charge in [-0.15, -0.1) is 0 Å². The molecule has 2 aromatic rings. The molecule has 0 unspecified atom stereocenters. The van der Waals surface area contributed by atoms with Crippen LogP contribution in [0.2, 0.25) is 15.2 Å².